The second-order valence-electron chi connectivity index (χ2n) is 5.00. The van der Waals surface area contributed by atoms with E-state index < -0.39 is 0 Å². The molecule has 1 saturated heterocycles. The average molecular weight is 262 g/mol. The number of rotatable bonds is 4. The number of nitrogens with zero attached hydrogens (tertiary/aromatic N) is 2. The van der Waals surface area contributed by atoms with Crippen molar-refractivity contribution in [3.8, 4) is 5.75 Å². The van der Waals surface area contributed by atoms with Crippen LogP contribution in [0.3, 0.4) is 0 Å². The monoisotopic (exact) mass is 262 g/mol. The lowest BCUT2D eigenvalue weighted by molar-refractivity contribution is -0.132. The van der Waals surface area contributed by atoms with Gasteiger partial charge in [0.2, 0.25) is 5.91 Å². The first-order valence-corrected chi connectivity index (χ1v) is 6.79. The van der Waals surface area contributed by atoms with Crippen LogP contribution in [0.5, 0.6) is 5.75 Å². The van der Waals surface area contributed by atoms with Crippen LogP contribution in [0.25, 0.3) is 0 Å². The Morgan fingerprint density at radius 3 is 2.58 bits per heavy atom. The van der Waals surface area contributed by atoms with Gasteiger partial charge in [0, 0.05) is 32.6 Å². The fourth-order valence-electron chi connectivity index (χ4n) is 2.37. The van der Waals surface area contributed by atoms with Gasteiger partial charge in [-0.15, -0.1) is 0 Å². The minimum atomic E-state index is 0.249. The van der Waals surface area contributed by atoms with E-state index in [9.17, 15) is 4.79 Å². The second kappa shape index (κ2) is 6.57. The summed E-state index contributed by atoms with van der Waals surface area (Å²) in [5.74, 6) is 1.12. The van der Waals surface area contributed by atoms with Crippen molar-refractivity contribution in [2.75, 3.05) is 40.3 Å². The van der Waals surface area contributed by atoms with Crippen molar-refractivity contribution >= 4 is 5.91 Å². The number of carbonyl (C=O) groups is 1. The van der Waals surface area contributed by atoms with Gasteiger partial charge in [0.05, 0.1) is 7.11 Å². The molecule has 0 atom stereocenters. The van der Waals surface area contributed by atoms with E-state index in [0.29, 0.717) is 6.42 Å². The standard InChI is InChI=1S/C15H22N2O2/c1-16-9-11-17(12-10-16)15(18)8-7-13-5-3-4-6-14(13)19-2/h3-6H,7-12H2,1-2H3. The van der Waals surface area contributed by atoms with Crippen molar-refractivity contribution in [2.24, 2.45) is 0 Å². The van der Waals surface area contributed by atoms with Crippen molar-refractivity contribution in [2.45, 2.75) is 12.8 Å². The van der Waals surface area contributed by atoms with Crippen molar-refractivity contribution < 1.29 is 9.53 Å². The SMILES string of the molecule is COc1ccccc1CCC(=O)N1CCN(C)CC1. The highest BCUT2D eigenvalue weighted by molar-refractivity contribution is 5.76. The molecule has 1 fully saturated rings. The first-order chi connectivity index (χ1) is 9.20. The molecule has 1 aromatic carbocycles. The molecule has 0 unspecified atom stereocenters. The van der Waals surface area contributed by atoms with Gasteiger partial charge in [-0.25, -0.2) is 0 Å². The van der Waals surface area contributed by atoms with Gasteiger partial charge in [-0.1, -0.05) is 18.2 Å². The highest BCUT2D eigenvalue weighted by Crippen LogP contribution is 2.19. The highest BCUT2D eigenvalue weighted by Gasteiger charge is 2.18. The van der Waals surface area contributed by atoms with Crippen LogP contribution >= 0.6 is 0 Å². The average Bonchev–Trinajstić information content (AvgIpc) is 2.45. The van der Waals surface area contributed by atoms with Crippen LogP contribution < -0.4 is 4.74 Å². The number of methoxy groups -OCH3 is 1. The predicted octanol–water partition coefficient (Wildman–Crippen LogP) is 1.40. The van der Waals surface area contributed by atoms with E-state index >= 15 is 0 Å². The Morgan fingerprint density at radius 2 is 1.89 bits per heavy atom. The zero-order chi connectivity index (χ0) is 13.7. The van der Waals surface area contributed by atoms with Crippen LogP contribution in [0.4, 0.5) is 0 Å². The van der Waals surface area contributed by atoms with E-state index in [4.69, 9.17) is 4.74 Å². The number of aryl methyl sites for hydroxylation is 1. The summed E-state index contributed by atoms with van der Waals surface area (Å²) in [6.07, 6.45) is 1.30. The Morgan fingerprint density at radius 1 is 1.21 bits per heavy atom. The Labute approximate surface area is 115 Å². The summed E-state index contributed by atoms with van der Waals surface area (Å²) in [4.78, 5) is 16.4. The summed E-state index contributed by atoms with van der Waals surface area (Å²) in [6.45, 7) is 3.64. The number of hydrogen-bond acceptors (Lipinski definition) is 3. The normalized spacial score (nSPS) is 16.4. The fraction of sp³-hybridized carbons (Fsp3) is 0.533. The lowest BCUT2D eigenvalue weighted by Gasteiger charge is -2.32. The van der Waals surface area contributed by atoms with Gasteiger partial charge < -0.3 is 14.5 Å². The van der Waals surface area contributed by atoms with E-state index in [1.807, 2.05) is 29.2 Å². The minimum Gasteiger partial charge on any atom is -0.496 e. The first kappa shape index (κ1) is 13.9. The summed E-state index contributed by atoms with van der Waals surface area (Å²) in [5, 5.41) is 0. The van der Waals surface area contributed by atoms with Crippen LogP contribution in [0.1, 0.15) is 12.0 Å². The molecule has 1 amide bonds. The van der Waals surface area contributed by atoms with Gasteiger partial charge in [-0.2, -0.15) is 0 Å². The van der Waals surface area contributed by atoms with E-state index in [-0.39, 0.29) is 5.91 Å². The van der Waals surface area contributed by atoms with E-state index in [1.54, 1.807) is 7.11 Å². The number of piperazine rings is 1. The molecule has 0 radical (unpaired) electrons. The summed E-state index contributed by atoms with van der Waals surface area (Å²) >= 11 is 0. The fourth-order valence-corrected chi connectivity index (χ4v) is 2.37. The molecule has 0 saturated carbocycles. The molecule has 4 heteroatoms. The molecule has 1 aromatic rings. The maximum absolute atomic E-state index is 12.1. The Hall–Kier alpha value is -1.55. The number of hydrogen-bond donors (Lipinski definition) is 0. The smallest absolute Gasteiger partial charge is 0.222 e. The number of ether oxygens (including phenoxy) is 1. The van der Waals surface area contributed by atoms with Gasteiger partial charge in [-0.05, 0) is 25.1 Å². The zero-order valence-electron chi connectivity index (χ0n) is 11.8. The summed E-state index contributed by atoms with van der Waals surface area (Å²) in [5.41, 5.74) is 1.10. The molecule has 0 spiro atoms. The zero-order valence-corrected chi connectivity index (χ0v) is 11.8. The third-order valence-electron chi connectivity index (χ3n) is 3.66. The molecular weight excluding hydrogens is 240 g/mol. The maximum atomic E-state index is 12.1. The van der Waals surface area contributed by atoms with Crippen molar-refractivity contribution in [3.63, 3.8) is 0 Å². The summed E-state index contributed by atoms with van der Waals surface area (Å²) in [7, 11) is 3.76. The summed E-state index contributed by atoms with van der Waals surface area (Å²) < 4.78 is 5.31. The maximum Gasteiger partial charge on any atom is 0.222 e. The minimum absolute atomic E-state index is 0.249. The van der Waals surface area contributed by atoms with Gasteiger partial charge >= 0.3 is 0 Å². The van der Waals surface area contributed by atoms with Crippen molar-refractivity contribution in [3.05, 3.63) is 29.8 Å². The van der Waals surface area contributed by atoms with Gasteiger partial charge in [0.1, 0.15) is 5.75 Å². The molecule has 0 bridgehead atoms. The van der Waals surface area contributed by atoms with Gasteiger partial charge in [0.15, 0.2) is 0 Å². The van der Waals surface area contributed by atoms with Crippen LogP contribution in [0.2, 0.25) is 0 Å². The third-order valence-corrected chi connectivity index (χ3v) is 3.66. The molecule has 1 aliphatic rings. The van der Waals surface area contributed by atoms with E-state index in [1.165, 1.54) is 0 Å². The third kappa shape index (κ3) is 3.70. The molecule has 0 N–H and O–H groups in total. The lowest BCUT2D eigenvalue weighted by Crippen LogP contribution is -2.47. The van der Waals surface area contributed by atoms with Crippen LogP contribution in [-0.2, 0) is 11.2 Å². The van der Waals surface area contributed by atoms with Gasteiger partial charge in [0.25, 0.3) is 0 Å². The van der Waals surface area contributed by atoms with Crippen molar-refractivity contribution in [1.29, 1.82) is 0 Å². The van der Waals surface area contributed by atoms with Crippen LogP contribution in [0.15, 0.2) is 24.3 Å². The number of benzene rings is 1. The number of amides is 1. The predicted molar refractivity (Wildman–Crippen MR) is 75.4 cm³/mol. The summed E-state index contributed by atoms with van der Waals surface area (Å²) in [6, 6.07) is 7.90. The van der Waals surface area contributed by atoms with E-state index in [0.717, 1.165) is 43.9 Å². The lowest BCUT2D eigenvalue weighted by atomic mass is 10.1. The molecule has 1 aliphatic heterocycles. The quantitative estimate of drug-likeness (QED) is 0.822. The molecule has 2 rings (SSSR count). The number of likely N-dealkylation sites (N-methyl/N-ethyl adjacent to an activating group) is 1. The number of para-hydroxylation sites is 1. The largest absolute Gasteiger partial charge is 0.496 e. The molecule has 1 heterocycles. The first-order valence-electron chi connectivity index (χ1n) is 6.79. The molecule has 4 nitrogen and oxygen atoms in total. The molecule has 19 heavy (non-hydrogen) atoms. The van der Waals surface area contributed by atoms with Crippen LogP contribution in [-0.4, -0.2) is 56.0 Å². The Balaban J connectivity index is 1.86. The van der Waals surface area contributed by atoms with E-state index in [2.05, 4.69) is 11.9 Å². The molecule has 0 aliphatic carbocycles. The molecule has 104 valence electrons. The molecular formula is C15H22N2O2. The van der Waals surface area contributed by atoms with Gasteiger partial charge in [-0.3, -0.25) is 4.79 Å². The Kier molecular flexibility index (Phi) is 4.80. The molecule has 0 aromatic heterocycles. The Bertz CT molecular complexity index is 426. The topological polar surface area (TPSA) is 32.8 Å². The van der Waals surface area contributed by atoms with Crippen molar-refractivity contribution in [1.82, 2.24) is 9.80 Å². The second-order valence-corrected chi connectivity index (χ2v) is 5.00. The number of carbonyl (C=O) groups excluding carboxylic acids is 1. The highest BCUT2D eigenvalue weighted by atomic mass is 16.5. The van der Waals surface area contributed by atoms with Crippen LogP contribution in [0, 0.1) is 0 Å².